The number of benzene rings is 1. The van der Waals surface area contributed by atoms with Crippen molar-refractivity contribution >= 4 is 0 Å². The van der Waals surface area contributed by atoms with Crippen LogP contribution in [0.15, 0.2) is 42.6 Å². The van der Waals surface area contributed by atoms with E-state index in [1.807, 2.05) is 19.9 Å². The van der Waals surface area contributed by atoms with E-state index in [1.54, 1.807) is 24.3 Å². The number of aliphatic hydroxyl groups is 1. The van der Waals surface area contributed by atoms with Gasteiger partial charge in [0, 0.05) is 6.20 Å². The van der Waals surface area contributed by atoms with Crippen molar-refractivity contribution in [3.8, 4) is 0 Å². The number of hydrogen-bond acceptors (Lipinski definition) is 2. The topological polar surface area (TPSA) is 38.0 Å². The quantitative estimate of drug-likeness (QED) is 0.931. The molecule has 0 saturated carbocycles. The molecule has 0 radical (unpaired) electrons. The minimum atomic E-state index is -4.48. The van der Waals surface area contributed by atoms with E-state index in [0.29, 0.717) is 5.56 Å². The molecular formula is C15H17F3N2O. The number of aromatic nitrogens is 2. The lowest BCUT2D eigenvalue weighted by Crippen LogP contribution is -2.24. The molecule has 1 aromatic carbocycles. The molecule has 0 fully saturated rings. The van der Waals surface area contributed by atoms with Crippen LogP contribution < -0.4 is 0 Å². The SMILES string of the molecule is CC(C)C(C(O)c1ccccc1)n1ccc(C(F)(F)F)n1. The normalized spacial score (nSPS) is 15.2. The summed E-state index contributed by atoms with van der Waals surface area (Å²) in [6.45, 7) is 3.68. The number of alkyl halides is 3. The third-order valence-electron chi connectivity index (χ3n) is 3.35. The van der Waals surface area contributed by atoms with Crippen LogP contribution >= 0.6 is 0 Å². The fourth-order valence-corrected chi connectivity index (χ4v) is 2.32. The van der Waals surface area contributed by atoms with Crippen LogP contribution in [0.5, 0.6) is 0 Å². The van der Waals surface area contributed by atoms with Crippen LogP contribution in [0.1, 0.15) is 37.3 Å². The van der Waals surface area contributed by atoms with E-state index in [4.69, 9.17) is 0 Å². The van der Waals surface area contributed by atoms with Gasteiger partial charge in [0.2, 0.25) is 0 Å². The number of rotatable bonds is 4. The molecule has 2 atom stereocenters. The second kappa shape index (κ2) is 5.89. The van der Waals surface area contributed by atoms with E-state index in [2.05, 4.69) is 5.10 Å². The summed E-state index contributed by atoms with van der Waals surface area (Å²) < 4.78 is 39.2. The fraction of sp³-hybridized carbons (Fsp3) is 0.400. The highest BCUT2D eigenvalue weighted by molar-refractivity contribution is 5.19. The van der Waals surface area contributed by atoms with Crippen molar-refractivity contribution in [3.63, 3.8) is 0 Å². The van der Waals surface area contributed by atoms with Gasteiger partial charge in [0.1, 0.15) is 6.10 Å². The number of hydrogen-bond donors (Lipinski definition) is 1. The maximum absolute atomic E-state index is 12.7. The van der Waals surface area contributed by atoms with Crippen LogP contribution in [0, 0.1) is 5.92 Å². The van der Waals surface area contributed by atoms with Crippen LogP contribution in [0.25, 0.3) is 0 Å². The van der Waals surface area contributed by atoms with Gasteiger partial charge >= 0.3 is 6.18 Å². The molecular weight excluding hydrogens is 281 g/mol. The van der Waals surface area contributed by atoms with Crippen molar-refractivity contribution in [1.29, 1.82) is 0 Å². The summed E-state index contributed by atoms with van der Waals surface area (Å²) in [6, 6.07) is 9.22. The first-order chi connectivity index (χ1) is 9.80. The Balaban J connectivity index is 2.34. The molecule has 0 bridgehead atoms. The highest BCUT2D eigenvalue weighted by atomic mass is 19.4. The Labute approximate surface area is 121 Å². The Morgan fingerprint density at radius 1 is 1.10 bits per heavy atom. The molecule has 3 nitrogen and oxygen atoms in total. The van der Waals surface area contributed by atoms with Gasteiger partial charge in [-0.25, -0.2) is 0 Å². The molecule has 114 valence electrons. The molecule has 1 aromatic heterocycles. The number of aliphatic hydroxyl groups excluding tert-OH is 1. The summed E-state index contributed by atoms with van der Waals surface area (Å²) >= 11 is 0. The van der Waals surface area contributed by atoms with Crippen molar-refractivity contribution in [1.82, 2.24) is 9.78 Å². The molecule has 0 amide bonds. The van der Waals surface area contributed by atoms with E-state index < -0.39 is 24.0 Å². The summed E-state index contributed by atoms with van der Waals surface area (Å²) in [5, 5.41) is 14.1. The Hall–Kier alpha value is -1.82. The second-order valence-electron chi connectivity index (χ2n) is 5.27. The van der Waals surface area contributed by atoms with E-state index >= 15 is 0 Å². The first-order valence-electron chi connectivity index (χ1n) is 6.66. The third-order valence-corrected chi connectivity index (χ3v) is 3.35. The lowest BCUT2D eigenvalue weighted by atomic mass is 9.93. The average Bonchev–Trinajstić information content (AvgIpc) is 2.89. The average molecular weight is 298 g/mol. The molecule has 0 spiro atoms. The third kappa shape index (κ3) is 3.44. The molecule has 0 saturated heterocycles. The lowest BCUT2D eigenvalue weighted by Gasteiger charge is -2.27. The Bertz CT molecular complexity index is 578. The minimum Gasteiger partial charge on any atom is -0.386 e. The zero-order valence-electron chi connectivity index (χ0n) is 11.7. The number of nitrogens with zero attached hydrogens (tertiary/aromatic N) is 2. The summed E-state index contributed by atoms with van der Waals surface area (Å²) in [7, 11) is 0. The Morgan fingerprint density at radius 3 is 2.19 bits per heavy atom. The summed E-state index contributed by atoms with van der Waals surface area (Å²) in [4.78, 5) is 0. The van der Waals surface area contributed by atoms with Gasteiger partial charge in [-0.3, -0.25) is 4.68 Å². The van der Waals surface area contributed by atoms with Crippen molar-refractivity contribution in [2.75, 3.05) is 0 Å². The van der Waals surface area contributed by atoms with Gasteiger partial charge in [-0.05, 0) is 17.5 Å². The molecule has 2 unspecified atom stereocenters. The Kier molecular flexibility index (Phi) is 4.37. The molecule has 0 aliphatic heterocycles. The fourth-order valence-electron chi connectivity index (χ4n) is 2.32. The van der Waals surface area contributed by atoms with Crippen molar-refractivity contribution in [2.24, 2.45) is 5.92 Å². The van der Waals surface area contributed by atoms with Crippen molar-refractivity contribution in [3.05, 3.63) is 53.9 Å². The van der Waals surface area contributed by atoms with Crippen molar-refractivity contribution in [2.45, 2.75) is 32.2 Å². The minimum absolute atomic E-state index is 0.0822. The summed E-state index contributed by atoms with van der Waals surface area (Å²) in [6.07, 6.45) is -4.14. The maximum atomic E-state index is 12.7. The van der Waals surface area contributed by atoms with Gasteiger partial charge in [-0.15, -0.1) is 0 Å². The maximum Gasteiger partial charge on any atom is 0.435 e. The molecule has 6 heteroatoms. The van der Waals surface area contributed by atoms with Crippen LogP contribution in [0.2, 0.25) is 0 Å². The molecule has 2 aromatic rings. The van der Waals surface area contributed by atoms with E-state index in [1.165, 1.54) is 10.9 Å². The standard InChI is InChI=1S/C15H17F3N2O/c1-10(2)13(14(21)11-6-4-3-5-7-11)20-9-8-12(19-20)15(16,17)18/h3-10,13-14,21H,1-2H3. The van der Waals surface area contributed by atoms with Crippen LogP contribution in [0.3, 0.4) is 0 Å². The van der Waals surface area contributed by atoms with Crippen LogP contribution in [0.4, 0.5) is 13.2 Å². The smallest absolute Gasteiger partial charge is 0.386 e. The first kappa shape index (κ1) is 15.6. The van der Waals surface area contributed by atoms with E-state index in [-0.39, 0.29) is 5.92 Å². The van der Waals surface area contributed by atoms with Gasteiger partial charge in [-0.2, -0.15) is 18.3 Å². The largest absolute Gasteiger partial charge is 0.435 e. The summed E-state index contributed by atoms with van der Waals surface area (Å²) in [5.74, 6) is -0.0822. The predicted molar refractivity (Wildman–Crippen MR) is 72.5 cm³/mol. The molecule has 2 rings (SSSR count). The molecule has 21 heavy (non-hydrogen) atoms. The van der Waals surface area contributed by atoms with Gasteiger partial charge in [0.25, 0.3) is 0 Å². The van der Waals surface area contributed by atoms with Gasteiger partial charge in [0.15, 0.2) is 5.69 Å². The predicted octanol–water partition coefficient (Wildman–Crippen LogP) is 3.83. The van der Waals surface area contributed by atoms with E-state index in [9.17, 15) is 18.3 Å². The molecule has 0 aliphatic rings. The van der Waals surface area contributed by atoms with Gasteiger partial charge in [0.05, 0.1) is 6.04 Å². The summed E-state index contributed by atoms with van der Waals surface area (Å²) in [5.41, 5.74) is -0.298. The van der Waals surface area contributed by atoms with Crippen LogP contribution in [-0.2, 0) is 6.18 Å². The monoisotopic (exact) mass is 298 g/mol. The Morgan fingerprint density at radius 2 is 1.71 bits per heavy atom. The van der Waals surface area contributed by atoms with Crippen molar-refractivity contribution < 1.29 is 18.3 Å². The zero-order valence-corrected chi connectivity index (χ0v) is 11.7. The molecule has 1 N–H and O–H groups in total. The lowest BCUT2D eigenvalue weighted by molar-refractivity contribution is -0.141. The van der Waals surface area contributed by atoms with E-state index in [0.717, 1.165) is 6.07 Å². The zero-order chi connectivity index (χ0) is 15.6. The first-order valence-corrected chi connectivity index (χ1v) is 6.66. The van der Waals surface area contributed by atoms with Gasteiger partial charge in [-0.1, -0.05) is 44.2 Å². The highest BCUT2D eigenvalue weighted by Crippen LogP contribution is 2.34. The molecule has 0 aliphatic carbocycles. The number of halogens is 3. The highest BCUT2D eigenvalue weighted by Gasteiger charge is 2.35. The van der Waals surface area contributed by atoms with Crippen LogP contribution in [-0.4, -0.2) is 14.9 Å². The molecule has 1 heterocycles. The second-order valence-corrected chi connectivity index (χ2v) is 5.27. The van der Waals surface area contributed by atoms with Gasteiger partial charge < -0.3 is 5.11 Å².